The summed E-state index contributed by atoms with van der Waals surface area (Å²) in [5.41, 5.74) is 1.95. The number of hydrogen-bond acceptors (Lipinski definition) is 10. The Labute approximate surface area is 193 Å². The maximum atomic E-state index is 12.2. The van der Waals surface area contributed by atoms with Gasteiger partial charge in [-0.1, -0.05) is 11.8 Å². The standard InChI is InChI=1S/C21H22N4O5S2/c1-4-30-20(27)9-13-11-32-21(22-13)23-18(26)12-31-19-8-6-16(24-25-19)15-10-14(28-2)5-7-17(15)29-3/h5-8,10-11H,4,9,12H2,1-3H3,(H,22,23,26). The zero-order valence-electron chi connectivity index (χ0n) is 17.8. The van der Waals surface area contributed by atoms with Gasteiger partial charge in [-0.3, -0.25) is 9.59 Å². The van der Waals surface area contributed by atoms with Crippen LogP contribution in [0.5, 0.6) is 11.5 Å². The van der Waals surface area contributed by atoms with Gasteiger partial charge in [-0.05, 0) is 37.3 Å². The van der Waals surface area contributed by atoms with E-state index in [0.717, 1.165) is 5.56 Å². The van der Waals surface area contributed by atoms with E-state index in [1.807, 2.05) is 12.1 Å². The number of amides is 1. The summed E-state index contributed by atoms with van der Waals surface area (Å²) in [6.45, 7) is 2.07. The number of carbonyl (C=O) groups is 2. The van der Waals surface area contributed by atoms with Gasteiger partial charge in [-0.25, -0.2) is 4.98 Å². The molecule has 0 spiro atoms. The number of ether oxygens (including phenoxy) is 3. The van der Waals surface area contributed by atoms with Gasteiger partial charge in [-0.15, -0.1) is 21.5 Å². The van der Waals surface area contributed by atoms with Crippen LogP contribution in [0.1, 0.15) is 12.6 Å². The molecule has 3 aromatic rings. The molecule has 0 radical (unpaired) electrons. The Kier molecular flexibility index (Phi) is 8.40. The van der Waals surface area contributed by atoms with Crippen molar-refractivity contribution in [1.82, 2.24) is 15.2 Å². The Morgan fingerprint density at radius 3 is 2.66 bits per heavy atom. The Morgan fingerprint density at radius 2 is 1.97 bits per heavy atom. The summed E-state index contributed by atoms with van der Waals surface area (Å²) in [7, 11) is 3.18. The van der Waals surface area contributed by atoms with Gasteiger partial charge >= 0.3 is 5.97 Å². The fourth-order valence-corrected chi connectivity index (χ4v) is 4.00. The number of benzene rings is 1. The van der Waals surface area contributed by atoms with E-state index in [2.05, 4.69) is 20.5 Å². The lowest BCUT2D eigenvalue weighted by Gasteiger charge is -2.09. The molecule has 0 saturated carbocycles. The van der Waals surface area contributed by atoms with Crippen LogP contribution in [0.2, 0.25) is 0 Å². The molecule has 1 aromatic carbocycles. The normalized spacial score (nSPS) is 10.5. The molecule has 0 aliphatic heterocycles. The van der Waals surface area contributed by atoms with Gasteiger partial charge in [0.15, 0.2) is 5.13 Å². The second kappa shape index (κ2) is 11.4. The lowest BCUT2D eigenvalue weighted by atomic mass is 10.1. The highest BCUT2D eigenvalue weighted by Crippen LogP contribution is 2.32. The van der Waals surface area contributed by atoms with Crippen molar-refractivity contribution in [2.75, 3.05) is 31.9 Å². The number of esters is 1. The predicted octanol–water partition coefficient (Wildman–Crippen LogP) is 3.45. The lowest BCUT2D eigenvalue weighted by Crippen LogP contribution is -2.14. The van der Waals surface area contributed by atoms with Crippen LogP contribution in [0.3, 0.4) is 0 Å². The van der Waals surface area contributed by atoms with Crippen LogP contribution in [-0.4, -0.2) is 53.6 Å². The molecule has 0 bridgehead atoms. The second-order valence-electron chi connectivity index (χ2n) is 6.29. The van der Waals surface area contributed by atoms with Gasteiger partial charge in [0.25, 0.3) is 0 Å². The summed E-state index contributed by atoms with van der Waals surface area (Å²) in [6, 6.07) is 9.04. The van der Waals surface area contributed by atoms with E-state index in [9.17, 15) is 9.59 Å². The average Bonchev–Trinajstić information content (AvgIpc) is 3.24. The highest BCUT2D eigenvalue weighted by atomic mass is 32.2. The minimum Gasteiger partial charge on any atom is -0.497 e. The number of methoxy groups -OCH3 is 2. The second-order valence-corrected chi connectivity index (χ2v) is 8.14. The third-order valence-electron chi connectivity index (χ3n) is 4.10. The van der Waals surface area contributed by atoms with Gasteiger partial charge in [0.2, 0.25) is 5.91 Å². The summed E-state index contributed by atoms with van der Waals surface area (Å²) in [5, 5.41) is 13.9. The number of anilines is 1. The molecule has 2 aromatic heterocycles. The van der Waals surface area contributed by atoms with E-state index in [1.165, 1.54) is 23.1 Å². The number of nitrogens with zero attached hydrogens (tertiary/aromatic N) is 3. The molecule has 0 fully saturated rings. The fraction of sp³-hybridized carbons (Fsp3) is 0.286. The third-order valence-corrected chi connectivity index (χ3v) is 5.83. The van der Waals surface area contributed by atoms with Crippen LogP contribution < -0.4 is 14.8 Å². The molecule has 168 valence electrons. The van der Waals surface area contributed by atoms with Crippen LogP contribution in [0.4, 0.5) is 5.13 Å². The number of carbonyl (C=O) groups excluding carboxylic acids is 2. The molecule has 0 aliphatic rings. The molecule has 9 nitrogen and oxygen atoms in total. The van der Waals surface area contributed by atoms with Crippen LogP contribution in [0.25, 0.3) is 11.3 Å². The first-order valence-corrected chi connectivity index (χ1v) is 11.5. The summed E-state index contributed by atoms with van der Waals surface area (Å²) in [6.07, 6.45) is 0.0783. The molecule has 1 amide bonds. The highest BCUT2D eigenvalue weighted by molar-refractivity contribution is 7.99. The monoisotopic (exact) mass is 474 g/mol. The van der Waals surface area contributed by atoms with Crippen molar-refractivity contribution in [3.8, 4) is 22.8 Å². The molecule has 0 atom stereocenters. The van der Waals surface area contributed by atoms with Gasteiger partial charge in [0.05, 0.1) is 44.4 Å². The average molecular weight is 475 g/mol. The fourth-order valence-electron chi connectivity index (χ4n) is 2.66. The zero-order chi connectivity index (χ0) is 22.9. The van der Waals surface area contributed by atoms with Crippen molar-refractivity contribution in [3.63, 3.8) is 0 Å². The molecule has 3 rings (SSSR count). The Hall–Kier alpha value is -3.18. The summed E-state index contributed by atoms with van der Waals surface area (Å²) in [5.74, 6) is 0.909. The summed E-state index contributed by atoms with van der Waals surface area (Å²) < 4.78 is 15.5. The van der Waals surface area contributed by atoms with E-state index in [-0.39, 0.29) is 24.1 Å². The van der Waals surface area contributed by atoms with Crippen molar-refractivity contribution in [1.29, 1.82) is 0 Å². The molecular weight excluding hydrogens is 452 g/mol. The van der Waals surface area contributed by atoms with Crippen molar-refractivity contribution < 1.29 is 23.8 Å². The molecule has 1 N–H and O–H groups in total. The number of thioether (sulfide) groups is 1. The molecule has 0 aliphatic carbocycles. The number of thiazole rings is 1. The summed E-state index contributed by atoms with van der Waals surface area (Å²) in [4.78, 5) is 28.0. The van der Waals surface area contributed by atoms with Crippen LogP contribution in [0.15, 0.2) is 40.7 Å². The molecule has 2 heterocycles. The van der Waals surface area contributed by atoms with Crippen molar-refractivity contribution in [2.24, 2.45) is 0 Å². The molecular formula is C21H22N4O5S2. The van der Waals surface area contributed by atoms with Gasteiger partial charge in [0, 0.05) is 10.9 Å². The maximum Gasteiger partial charge on any atom is 0.311 e. The number of nitrogens with one attached hydrogen (secondary N) is 1. The first-order chi connectivity index (χ1) is 15.5. The van der Waals surface area contributed by atoms with Crippen molar-refractivity contribution in [2.45, 2.75) is 18.4 Å². The third kappa shape index (κ3) is 6.41. The highest BCUT2D eigenvalue weighted by Gasteiger charge is 2.13. The van der Waals surface area contributed by atoms with E-state index in [1.54, 1.807) is 44.7 Å². The van der Waals surface area contributed by atoms with E-state index < -0.39 is 0 Å². The molecule has 0 unspecified atom stereocenters. The zero-order valence-corrected chi connectivity index (χ0v) is 19.4. The number of rotatable bonds is 10. The molecule has 32 heavy (non-hydrogen) atoms. The first kappa shape index (κ1) is 23.5. The van der Waals surface area contributed by atoms with Crippen LogP contribution >= 0.6 is 23.1 Å². The first-order valence-electron chi connectivity index (χ1n) is 9.61. The van der Waals surface area contributed by atoms with E-state index in [0.29, 0.717) is 39.7 Å². The molecule has 11 heteroatoms. The van der Waals surface area contributed by atoms with Crippen LogP contribution in [0, 0.1) is 0 Å². The topological polar surface area (TPSA) is 113 Å². The minimum absolute atomic E-state index is 0.0783. The Balaban J connectivity index is 1.55. The van der Waals surface area contributed by atoms with Crippen molar-refractivity contribution >= 4 is 40.1 Å². The number of hydrogen-bond donors (Lipinski definition) is 1. The lowest BCUT2D eigenvalue weighted by molar-refractivity contribution is -0.142. The number of aromatic nitrogens is 3. The summed E-state index contributed by atoms with van der Waals surface area (Å²) >= 11 is 2.51. The Morgan fingerprint density at radius 1 is 1.12 bits per heavy atom. The smallest absolute Gasteiger partial charge is 0.311 e. The van der Waals surface area contributed by atoms with Gasteiger partial charge < -0.3 is 19.5 Å². The van der Waals surface area contributed by atoms with Gasteiger partial charge in [0.1, 0.15) is 16.5 Å². The Bertz CT molecular complexity index is 1070. The minimum atomic E-state index is -0.347. The van der Waals surface area contributed by atoms with E-state index in [4.69, 9.17) is 14.2 Å². The SMILES string of the molecule is CCOC(=O)Cc1csc(NC(=O)CSc2ccc(-c3cc(OC)ccc3OC)nn2)n1. The van der Waals surface area contributed by atoms with E-state index >= 15 is 0 Å². The largest absolute Gasteiger partial charge is 0.497 e. The van der Waals surface area contributed by atoms with Gasteiger partial charge in [-0.2, -0.15) is 0 Å². The van der Waals surface area contributed by atoms with Crippen molar-refractivity contribution in [3.05, 3.63) is 41.4 Å². The molecule has 0 saturated heterocycles. The predicted molar refractivity (Wildman–Crippen MR) is 122 cm³/mol. The van der Waals surface area contributed by atoms with Crippen LogP contribution in [-0.2, 0) is 20.7 Å². The quantitative estimate of drug-likeness (QED) is 0.349. The maximum absolute atomic E-state index is 12.2.